The molecule has 0 unspecified atom stereocenters. The molecule has 0 radical (unpaired) electrons. The van der Waals surface area contributed by atoms with Crippen LogP contribution in [0.2, 0.25) is 5.02 Å². The molecule has 0 bridgehead atoms. The maximum Gasteiger partial charge on any atom is 0.306 e. The van der Waals surface area contributed by atoms with E-state index in [-0.39, 0.29) is 18.4 Å². The number of amides is 1. The Balaban J connectivity index is 1.38. The molecule has 37 heavy (non-hydrogen) atoms. The molecule has 3 heterocycles. The Labute approximate surface area is 224 Å². The number of methoxy groups -OCH3 is 1. The van der Waals surface area contributed by atoms with E-state index < -0.39 is 0 Å². The first-order valence-electron chi connectivity index (χ1n) is 12.0. The molecule has 1 saturated heterocycles. The second kappa shape index (κ2) is 12.4. The number of piperidine rings is 1. The quantitative estimate of drug-likeness (QED) is 0.341. The smallest absolute Gasteiger partial charge is 0.306 e. The first-order valence-corrected chi connectivity index (χ1v) is 13.2. The van der Waals surface area contributed by atoms with Gasteiger partial charge in [0, 0.05) is 30.8 Å². The average Bonchev–Trinajstić information content (AvgIpc) is 3.37. The largest absolute Gasteiger partial charge is 0.469 e. The van der Waals surface area contributed by atoms with Crippen LogP contribution in [0.5, 0.6) is 0 Å². The molecule has 0 atom stereocenters. The van der Waals surface area contributed by atoms with Gasteiger partial charge in [-0.25, -0.2) is 15.0 Å². The summed E-state index contributed by atoms with van der Waals surface area (Å²) in [5.41, 5.74) is 8.01. The predicted molar refractivity (Wildman–Crippen MR) is 145 cm³/mol. The summed E-state index contributed by atoms with van der Waals surface area (Å²) in [6.45, 7) is 4.62. The molecule has 0 spiro atoms. The van der Waals surface area contributed by atoms with Crippen molar-refractivity contribution in [1.82, 2.24) is 19.9 Å². The summed E-state index contributed by atoms with van der Waals surface area (Å²) in [6, 6.07) is 7.27. The minimum absolute atomic E-state index is 0.184. The van der Waals surface area contributed by atoms with Crippen LogP contribution < -0.4 is 16.4 Å². The highest BCUT2D eigenvalue weighted by atomic mass is 35.5. The Kier molecular flexibility index (Phi) is 9.04. The van der Waals surface area contributed by atoms with Crippen molar-refractivity contribution in [2.24, 2.45) is 5.73 Å². The van der Waals surface area contributed by atoms with Crippen LogP contribution in [-0.4, -0.2) is 58.5 Å². The third-order valence-corrected chi connectivity index (χ3v) is 7.47. The Morgan fingerprint density at radius 1 is 1.27 bits per heavy atom. The number of hydrogen-bond donors (Lipinski definition) is 3. The van der Waals surface area contributed by atoms with Crippen molar-refractivity contribution < 1.29 is 14.3 Å². The number of nitrogens with zero attached hydrogens (tertiary/aromatic N) is 4. The maximum absolute atomic E-state index is 12.8. The van der Waals surface area contributed by atoms with Crippen LogP contribution in [0.1, 0.15) is 51.9 Å². The van der Waals surface area contributed by atoms with Gasteiger partial charge in [0.15, 0.2) is 5.13 Å². The van der Waals surface area contributed by atoms with Gasteiger partial charge in [-0.1, -0.05) is 35.1 Å². The molecule has 3 aromatic rings. The highest BCUT2D eigenvalue weighted by molar-refractivity contribution is 7.17. The lowest BCUT2D eigenvalue weighted by atomic mass is 9.93. The van der Waals surface area contributed by atoms with E-state index in [1.165, 1.54) is 24.6 Å². The molecule has 1 aliphatic heterocycles. The number of halogens is 1. The number of likely N-dealkylation sites (tertiary alicyclic amines) is 1. The molecule has 0 aliphatic carbocycles. The van der Waals surface area contributed by atoms with E-state index in [4.69, 9.17) is 22.1 Å². The van der Waals surface area contributed by atoms with Gasteiger partial charge in [0.25, 0.3) is 5.91 Å². The van der Waals surface area contributed by atoms with Crippen molar-refractivity contribution in [2.45, 2.75) is 38.6 Å². The van der Waals surface area contributed by atoms with E-state index in [1.807, 2.05) is 19.1 Å². The number of thiazole rings is 1. The third-order valence-electron chi connectivity index (χ3n) is 6.25. The van der Waals surface area contributed by atoms with E-state index >= 15 is 0 Å². The van der Waals surface area contributed by atoms with Crippen LogP contribution in [0.15, 0.2) is 30.5 Å². The van der Waals surface area contributed by atoms with E-state index in [0.717, 1.165) is 37.2 Å². The molecule has 1 aromatic carbocycles. The van der Waals surface area contributed by atoms with Gasteiger partial charge in [-0.05, 0) is 44.5 Å². The second-order valence-corrected chi connectivity index (χ2v) is 10.2. The number of carbonyl (C=O) groups is 2. The number of benzene rings is 1. The Morgan fingerprint density at radius 2 is 2.05 bits per heavy atom. The lowest BCUT2D eigenvalue weighted by Crippen LogP contribution is -2.34. The SMILES string of the molecule is COC(=O)CCN1CCC(c2cc(Nc3ncc(C(=O)Nc4c(Cl)cccc4CN)s3)nc(C)n2)CC1. The fourth-order valence-corrected chi connectivity index (χ4v) is 5.23. The fraction of sp³-hybridized carbons (Fsp3) is 0.400. The summed E-state index contributed by atoms with van der Waals surface area (Å²) in [5, 5.41) is 7.03. The van der Waals surface area contributed by atoms with E-state index in [2.05, 4.69) is 30.5 Å². The average molecular weight is 544 g/mol. The van der Waals surface area contributed by atoms with Gasteiger partial charge in [-0.15, -0.1) is 0 Å². The normalized spacial score (nSPS) is 14.4. The van der Waals surface area contributed by atoms with Crippen LogP contribution in [0.4, 0.5) is 16.6 Å². The molecule has 1 fully saturated rings. The van der Waals surface area contributed by atoms with E-state index in [9.17, 15) is 9.59 Å². The molecule has 4 N–H and O–H groups in total. The lowest BCUT2D eigenvalue weighted by molar-refractivity contribution is -0.141. The molecule has 4 rings (SSSR count). The maximum atomic E-state index is 12.8. The van der Waals surface area contributed by atoms with E-state index in [1.54, 1.807) is 12.1 Å². The first-order chi connectivity index (χ1) is 17.9. The van der Waals surface area contributed by atoms with Gasteiger partial charge in [-0.3, -0.25) is 9.59 Å². The molecule has 2 aromatic heterocycles. The highest BCUT2D eigenvalue weighted by Crippen LogP contribution is 2.30. The predicted octanol–water partition coefficient (Wildman–Crippen LogP) is 4.09. The molecule has 196 valence electrons. The topological polar surface area (TPSA) is 135 Å². The Hall–Kier alpha value is -3.12. The summed E-state index contributed by atoms with van der Waals surface area (Å²) in [7, 11) is 1.41. The number of hydrogen-bond acceptors (Lipinski definition) is 10. The number of nitrogens with one attached hydrogen (secondary N) is 2. The van der Waals surface area contributed by atoms with Crippen LogP contribution in [0, 0.1) is 6.92 Å². The van der Waals surface area contributed by atoms with Crippen LogP contribution in [0.25, 0.3) is 0 Å². The minimum Gasteiger partial charge on any atom is -0.469 e. The highest BCUT2D eigenvalue weighted by Gasteiger charge is 2.23. The van der Waals surface area contributed by atoms with Crippen molar-refractivity contribution >= 4 is 51.5 Å². The molecule has 1 amide bonds. The van der Waals surface area contributed by atoms with Crippen LogP contribution >= 0.6 is 22.9 Å². The molecule has 12 heteroatoms. The van der Waals surface area contributed by atoms with Gasteiger partial charge in [0.2, 0.25) is 0 Å². The van der Waals surface area contributed by atoms with Gasteiger partial charge in [0.05, 0.1) is 30.4 Å². The zero-order valence-electron chi connectivity index (χ0n) is 20.8. The number of para-hydroxylation sites is 1. The van der Waals surface area contributed by atoms with Gasteiger partial charge in [0.1, 0.15) is 16.5 Å². The fourth-order valence-electron chi connectivity index (χ4n) is 4.27. The van der Waals surface area contributed by atoms with Crippen molar-refractivity contribution in [2.75, 3.05) is 37.4 Å². The number of esters is 1. The number of aromatic nitrogens is 3. The molecule has 10 nitrogen and oxygen atoms in total. The minimum atomic E-state index is -0.313. The van der Waals surface area contributed by atoms with Crippen molar-refractivity contribution in [3.63, 3.8) is 0 Å². The number of rotatable bonds is 9. The molecule has 0 saturated carbocycles. The Bertz CT molecular complexity index is 1260. The summed E-state index contributed by atoms with van der Waals surface area (Å²) >= 11 is 7.48. The number of nitrogens with two attached hydrogens (primary N) is 1. The molecular weight excluding hydrogens is 514 g/mol. The zero-order valence-corrected chi connectivity index (χ0v) is 22.4. The summed E-state index contributed by atoms with van der Waals surface area (Å²) in [4.78, 5) is 40.5. The molecular formula is C25H30ClN7O3S. The summed E-state index contributed by atoms with van der Waals surface area (Å²) in [5.74, 6) is 1.11. The lowest BCUT2D eigenvalue weighted by Gasteiger charge is -2.31. The van der Waals surface area contributed by atoms with Crippen LogP contribution in [-0.2, 0) is 16.1 Å². The van der Waals surface area contributed by atoms with Crippen molar-refractivity contribution in [1.29, 1.82) is 0 Å². The molecule has 1 aliphatic rings. The van der Waals surface area contributed by atoms with Gasteiger partial charge < -0.3 is 26.0 Å². The van der Waals surface area contributed by atoms with Crippen molar-refractivity contribution in [3.05, 3.63) is 57.4 Å². The number of anilines is 3. The van der Waals surface area contributed by atoms with E-state index in [0.29, 0.717) is 51.2 Å². The first kappa shape index (κ1) is 26.9. The van der Waals surface area contributed by atoms with Crippen molar-refractivity contribution in [3.8, 4) is 0 Å². The van der Waals surface area contributed by atoms with Gasteiger partial charge in [-0.2, -0.15) is 0 Å². The second-order valence-electron chi connectivity index (χ2n) is 8.75. The monoisotopic (exact) mass is 543 g/mol. The number of carbonyl (C=O) groups excluding carboxylic acids is 2. The standard InChI is InChI=1S/C25H30ClN7O3S/c1-15-29-19(16-6-9-33(10-7-16)11-8-22(34)36-2)12-21(30-15)31-25-28-14-20(37-25)24(35)32-23-17(13-27)4-3-5-18(23)26/h3-5,12,14,16H,6-11,13,27H2,1-2H3,(H,32,35)(H,28,29,30,31). The van der Waals surface area contributed by atoms with Gasteiger partial charge >= 0.3 is 5.97 Å². The summed E-state index contributed by atoms with van der Waals surface area (Å²) < 4.78 is 4.74. The van der Waals surface area contributed by atoms with Crippen LogP contribution in [0.3, 0.4) is 0 Å². The zero-order chi connectivity index (χ0) is 26.4. The number of ether oxygens (including phenoxy) is 1. The Morgan fingerprint density at radius 3 is 2.78 bits per heavy atom. The summed E-state index contributed by atoms with van der Waals surface area (Å²) in [6.07, 6.45) is 3.82. The third kappa shape index (κ3) is 7.01. The number of aryl methyl sites for hydroxylation is 1.